The fourth-order valence-electron chi connectivity index (χ4n) is 3.92. The van der Waals surface area contributed by atoms with Gasteiger partial charge in [-0.2, -0.15) is 0 Å². The highest BCUT2D eigenvalue weighted by Crippen LogP contribution is 2.36. The minimum atomic E-state index is 0.493. The number of hydrogen-bond donors (Lipinski definition) is 1. The van der Waals surface area contributed by atoms with Crippen molar-refractivity contribution in [2.75, 3.05) is 6.54 Å². The standard InChI is InChI=1S/C19H39N/c1-14(2)18(15(3)4)13-20-17-10-8-9-16(11-12-17)19(5,6)7/h14-18,20H,8-13H2,1-7H3. The fraction of sp³-hybridized carbons (Fsp3) is 1.00. The van der Waals surface area contributed by atoms with Crippen LogP contribution in [0.5, 0.6) is 0 Å². The maximum atomic E-state index is 3.90. The molecule has 2 atom stereocenters. The number of nitrogens with one attached hydrogen (secondary N) is 1. The fourth-order valence-corrected chi connectivity index (χ4v) is 3.92. The molecule has 0 radical (unpaired) electrons. The SMILES string of the molecule is CC(C)C(CNC1CCCC(C(C)(C)C)CC1)C(C)C. The highest BCUT2D eigenvalue weighted by Gasteiger charge is 2.28. The Kier molecular flexibility index (Phi) is 7.04. The molecular weight excluding hydrogens is 242 g/mol. The molecule has 0 amide bonds. The highest BCUT2D eigenvalue weighted by atomic mass is 14.9. The summed E-state index contributed by atoms with van der Waals surface area (Å²) in [4.78, 5) is 0. The van der Waals surface area contributed by atoms with Gasteiger partial charge in [-0.1, -0.05) is 54.9 Å². The van der Waals surface area contributed by atoms with E-state index in [1.54, 1.807) is 0 Å². The summed E-state index contributed by atoms with van der Waals surface area (Å²) >= 11 is 0. The maximum Gasteiger partial charge on any atom is 0.00672 e. The van der Waals surface area contributed by atoms with E-state index >= 15 is 0 Å². The van der Waals surface area contributed by atoms with Crippen LogP contribution >= 0.6 is 0 Å². The van der Waals surface area contributed by atoms with Crippen LogP contribution in [0.3, 0.4) is 0 Å². The molecule has 0 aromatic heterocycles. The minimum Gasteiger partial charge on any atom is -0.314 e. The lowest BCUT2D eigenvalue weighted by Crippen LogP contribution is -2.36. The molecule has 1 N–H and O–H groups in total. The van der Waals surface area contributed by atoms with Crippen LogP contribution in [0.2, 0.25) is 0 Å². The molecule has 0 bridgehead atoms. The van der Waals surface area contributed by atoms with E-state index < -0.39 is 0 Å². The van der Waals surface area contributed by atoms with Crippen LogP contribution in [-0.4, -0.2) is 12.6 Å². The molecule has 1 rings (SSSR count). The van der Waals surface area contributed by atoms with Crippen molar-refractivity contribution in [2.45, 2.75) is 86.6 Å². The van der Waals surface area contributed by atoms with Crippen molar-refractivity contribution in [1.29, 1.82) is 0 Å². The monoisotopic (exact) mass is 281 g/mol. The Morgan fingerprint density at radius 3 is 2.00 bits per heavy atom. The van der Waals surface area contributed by atoms with Crippen molar-refractivity contribution in [1.82, 2.24) is 5.32 Å². The molecule has 1 saturated carbocycles. The van der Waals surface area contributed by atoms with E-state index in [1.165, 1.54) is 38.6 Å². The zero-order valence-electron chi connectivity index (χ0n) is 15.1. The van der Waals surface area contributed by atoms with E-state index in [0.29, 0.717) is 5.41 Å². The Morgan fingerprint density at radius 2 is 1.50 bits per heavy atom. The molecule has 0 aliphatic heterocycles. The topological polar surface area (TPSA) is 12.0 Å². The van der Waals surface area contributed by atoms with Gasteiger partial charge in [0, 0.05) is 6.04 Å². The molecule has 0 aromatic rings. The number of rotatable bonds is 5. The molecule has 20 heavy (non-hydrogen) atoms. The summed E-state index contributed by atoms with van der Waals surface area (Å²) in [6.45, 7) is 17.9. The summed E-state index contributed by atoms with van der Waals surface area (Å²) in [5, 5.41) is 3.90. The maximum absolute atomic E-state index is 3.90. The number of hydrogen-bond acceptors (Lipinski definition) is 1. The summed E-state index contributed by atoms with van der Waals surface area (Å²) in [5.74, 6) is 3.31. The lowest BCUT2D eigenvalue weighted by molar-refractivity contribution is 0.212. The molecule has 1 aliphatic carbocycles. The third-order valence-corrected chi connectivity index (χ3v) is 5.55. The lowest BCUT2D eigenvalue weighted by atomic mass is 9.76. The lowest BCUT2D eigenvalue weighted by Gasteiger charge is -2.30. The van der Waals surface area contributed by atoms with Gasteiger partial charge in [0.2, 0.25) is 0 Å². The van der Waals surface area contributed by atoms with Gasteiger partial charge in [0.05, 0.1) is 0 Å². The summed E-state index contributed by atoms with van der Waals surface area (Å²) in [7, 11) is 0. The molecule has 0 heterocycles. The minimum absolute atomic E-state index is 0.493. The van der Waals surface area contributed by atoms with Gasteiger partial charge in [0.15, 0.2) is 0 Å². The second kappa shape index (κ2) is 7.82. The van der Waals surface area contributed by atoms with Crippen LogP contribution in [-0.2, 0) is 0 Å². The Bertz CT molecular complexity index is 253. The first-order chi connectivity index (χ1) is 9.21. The second-order valence-electron chi connectivity index (χ2n) is 8.83. The first kappa shape index (κ1) is 18.0. The molecule has 1 fully saturated rings. The molecule has 1 nitrogen and oxygen atoms in total. The summed E-state index contributed by atoms with van der Waals surface area (Å²) < 4.78 is 0. The van der Waals surface area contributed by atoms with Gasteiger partial charge in [-0.3, -0.25) is 0 Å². The smallest absolute Gasteiger partial charge is 0.00672 e. The zero-order valence-corrected chi connectivity index (χ0v) is 15.1. The summed E-state index contributed by atoms with van der Waals surface area (Å²) in [6.07, 6.45) is 7.02. The van der Waals surface area contributed by atoms with Crippen LogP contribution in [0.15, 0.2) is 0 Å². The van der Waals surface area contributed by atoms with Gasteiger partial charge >= 0.3 is 0 Å². The van der Waals surface area contributed by atoms with Gasteiger partial charge in [-0.05, 0) is 61.3 Å². The second-order valence-corrected chi connectivity index (χ2v) is 8.83. The van der Waals surface area contributed by atoms with Crippen molar-refractivity contribution < 1.29 is 0 Å². The predicted molar refractivity (Wildman–Crippen MR) is 91.0 cm³/mol. The molecule has 2 unspecified atom stereocenters. The highest BCUT2D eigenvalue weighted by molar-refractivity contribution is 4.82. The van der Waals surface area contributed by atoms with Gasteiger partial charge < -0.3 is 5.32 Å². The predicted octanol–water partition coefficient (Wildman–Crippen LogP) is 5.50. The van der Waals surface area contributed by atoms with E-state index in [9.17, 15) is 0 Å². The van der Waals surface area contributed by atoms with Crippen molar-refractivity contribution in [2.24, 2.45) is 29.1 Å². The molecule has 120 valence electrons. The average Bonchev–Trinajstić information content (AvgIpc) is 2.53. The largest absolute Gasteiger partial charge is 0.314 e. The third-order valence-electron chi connectivity index (χ3n) is 5.55. The quantitative estimate of drug-likeness (QED) is 0.656. The van der Waals surface area contributed by atoms with Gasteiger partial charge in [-0.25, -0.2) is 0 Å². The summed E-state index contributed by atoms with van der Waals surface area (Å²) in [6, 6.07) is 0.766. The van der Waals surface area contributed by atoms with Gasteiger partial charge in [0.25, 0.3) is 0 Å². The Morgan fingerprint density at radius 1 is 0.900 bits per heavy atom. The van der Waals surface area contributed by atoms with Crippen molar-refractivity contribution in [3.8, 4) is 0 Å². The Balaban J connectivity index is 2.42. The van der Waals surface area contributed by atoms with Crippen molar-refractivity contribution >= 4 is 0 Å². The van der Waals surface area contributed by atoms with Crippen LogP contribution in [0, 0.1) is 29.1 Å². The van der Waals surface area contributed by atoms with Crippen LogP contribution in [0.1, 0.15) is 80.6 Å². The molecule has 0 spiro atoms. The van der Waals surface area contributed by atoms with E-state index in [-0.39, 0.29) is 0 Å². The molecular formula is C19H39N. The first-order valence-electron chi connectivity index (χ1n) is 8.95. The van der Waals surface area contributed by atoms with Crippen molar-refractivity contribution in [3.63, 3.8) is 0 Å². The van der Waals surface area contributed by atoms with Gasteiger partial charge in [0.1, 0.15) is 0 Å². The zero-order chi connectivity index (χ0) is 15.3. The molecule has 0 saturated heterocycles. The Labute approximate surface area is 128 Å². The van der Waals surface area contributed by atoms with Crippen LogP contribution in [0.4, 0.5) is 0 Å². The molecule has 1 heteroatoms. The third kappa shape index (κ3) is 5.76. The van der Waals surface area contributed by atoms with Crippen molar-refractivity contribution in [3.05, 3.63) is 0 Å². The molecule has 0 aromatic carbocycles. The molecule has 1 aliphatic rings. The van der Waals surface area contributed by atoms with E-state index in [1.807, 2.05) is 0 Å². The Hall–Kier alpha value is -0.0400. The van der Waals surface area contributed by atoms with E-state index in [0.717, 1.165) is 29.7 Å². The summed E-state index contributed by atoms with van der Waals surface area (Å²) in [5.41, 5.74) is 0.493. The van der Waals surface area contributed by atoms with E-state index in [2.05, 4.69) is 53.8 Å². The normalized spacial score (nSPS) is 25.5. The first-order valence-corrected chi connectivity index (χ1v) is 8.95. The average molecular weight is 282 g/mol. The van der Waals surface area contributed by atoms with Crippen LogP contribution < -0.4 is 5.32 Å². The van der Waals surface area contributed by atoms with E-state index in [4.69, 9.17) is 0 Å². The van der Waals surface area contributed by atoms with Gasteiger partial charge in [-0.15, -0.1) is 0 Å². The van der Waals surface area contributed by atoms with Crippen LogP contribution in [0.25, 0.3) is 0 Å².